The summed E-state index contributed by atoms with van der Waals surface area (Å²) in [5.41, 5.74) is 4.91. The van der Waals surface area contributed by atoms with Gasteiger partial charge >= 0.3 is 5.97 Å². The number of aryl methyl sites for hydroxylation is 1. The lowest BCUT2D eigenvalue weighted by Crippen LogP contribution is -2.21. The molecule has 1 aromatic heterocycles. The lowest BCUT2D eigenvalue weighted by Gasteiger charge is -2.23. The Hall–Kier alpha value is -2.43. The smallest absolute Gasteiger partial charge is 0.337 e. The third kappa shape index (κ3) is 4.44. The first-order chi connectivity index (χ1) is 13.7. The lowest BCUT2D eigenvalue weighted by atomic mass is 9.90. The van der Waals surface area contributed by atoms with Crippen molar-refractivity contribution in [2.45, 2.75) is 52.7 Å². The van der Waals surface area contributed by atoms with Crippen molar-refractivity contribution in [2.24, 2.45) is 0 Å². The van der Waals surface area contributed by atoms with E-state index in [1.807, 2.05) is 45.0 Å². The van der Waals surface area contributed by atoms with Crippen molar-refractivity contribution in [3.63, 3.8) is 0 Å². The number of ether oxygens (including phenoxy) is 1. The first-order valence-electron chi connectivity index (χ1n) is 9.77. The van der Waals surface area contributed by atoms with Gasteiger partial charge in [-0.2, -0.15) is 0 Å². The molecule has 5 heteroatoms. The molecule has 0 saturated carbocycles. The van der Waals surface area contributed by atoms with Gasteiger partial charge in [-0.05, 0) is 61.6 Å². The molecule has 0 fully saturated rings. The summed E-state index contributed by atoms with van der Waals surface area (Å²) in [6.45, 7) is 9.77. The molecule has 1 N–H and O–H groups in total. The number of hydrogen-bond donors (Lipinski definition) is 1. The van der Waals surface area contributed by atoms with E-state index in [-0.39, 0.29) is 6.10 Å². The molecule has 1 heterocycles. The number of rotatable bonds is 6. The number of benzene rings is 2. The highest BCUT2D eigenvalue weighted by molar-refractivity contribution is 6.31. The second-order valence-corrected chi connectivity index (χ2v) is 8.26. The molecular formula is C24H26ClNO3. The fraction of sp³-hybridized carbons (Fsp3) is 0.333. The van der Waals surface area contributed by atoms with Gasteiger partial charge in [-0.25, -0.2) is 4.79 Å². The number of carboxylic acid groups (broad SMARTS) is 1. The number of carboxylic acids is 1. The predicted molar refractivity (Wildman–Crippen MR) is 118 cm³/mol. The molecule has 0 radical (unpaired) electrons. The highest BCUT2D eigenvalue weighted by Gasteiger charge is 2.29. The molecule has 1 atom stereocenters. The van der Waals surface area contributed by atoms with Crippen molar-refractivity contribution in [2.75, 3.05) is 0 Å². The molecule has 0 spiro atoms. The highest BCUT2D eigenvalue weighted by Crippen LogP contribution is 2.39. The number of aromatic nitrogens is 1. The topological polar surface area (TPSA) is 59.4 Å². The van der Waals surface area contributed by atoms with Crippen LogP contribution in [0.15, 0.2) is 42.5 Å². The third-order valence-corrected chi connectivity index (χ3v) is 5.17. The Labute approximate surface area is 176 Å². The van der Waals surface area contributed by atoms with Crippen molar-refractivity contribution in [3.8, 4) is 11.1 Å². The fourth-order valence-electron chi connectivity index (χ4n) is 3.56. The lowest BCUT2D eigenvalue weighted by molar-refractivity contribution is -0.153. The minimum Gasteiger partial charge on any atom is -0.479 e. The van der Waals surface area contributed by atoms with Crippen LogP contribution in [0, 0.1) is 6.92 Å². The predicted octanol–water partition coefficient (Wildman–Crippen LogP) is 6.54. The number of hydrogen-bond acceptors (Lipinski definition) is 3. The van der Waals surface area contributed by atoms with E-state index >= 15 is 0 Å². The maximum absolute atomic E-state index is 12.1. The molecule has 0 amide bonds. The van der Waals surface area contributed by atoms with Gasteiger partial charge in [0, 0.05) is 21.7 Å². The van der Waals surface area contributed by atoms with Gasteiger partial charge in [-0.15, -0.1) is 0 Å². The summed E-state index contributed by atoms with van der Waals surface area (Å²) >= 11 is 6.29. The molecule has 0 aliphatic rings. The third-order valence-electron chi connectivity index (χ3n) is 4.94. The summed E-state index contributed by atoms with van der Waals surface area (Å²) in [4.78, 5) is 16.8. The quantitative estimate of drug-likeness (QED) is 0.500. The zero-order valence-electron chi connectivity index (χ0n) is 17.4. The summed E-state index contributed by atoms with van der Waals surface area (Å²) in [5.74, 6) is -0.630. The van der Waals surface area contributed by atoms with E-state index in [4.69, 9.17) is 16.3 Å². The van der Waals surface area contributed by atoms with Crippen LogP contribution in [0.4, 0.5) is 0 Å². The van der Waals surface area contributed by atoms with Gasteiger partial charge in [0.2, 0.25) is 0 Å². The number of nitrogens with zero attached hydrogens (tertiary/aromatic N) is 1. The summed E-state index contributed by atoms with van der Waals surface area (Å²) in [5, 5.41) is 11.3. The van der Waals surface area contributed by atoms with Crippen molar-refractivity contribution < 1.29 is 14.6 Å². The van der Waals surface area contributed by atoms with Crippen LogP contribution in [0.2, 0.25) is 5.02 Å². The van der Waals surface area contributed by atoms with E-state index in [0.717, 1.165) is 22.0 Å². The van der Waals surface area contributed by atoms with Crippen molar-refractivity contribution in [1.82, 2.24) is 4.98 Å². The molecule has 1 unspecified atom stereocenters. The van der Waals surface area contributed by atoms with Gasteiger partial charge in [-0.1, -0.05) is 49.7 Å². The number of pyridine rings is 1. The fourth-order valence-corrected chi connectivity index (χ4v) is 3.73. The van der Waals surface area contributed by atoms with E-state index in [0.29, 0.717) is 22.2 Å². The van der Waals surface area contributed by atoms with Crippen molar-refractivity contribution in [1.29, 1.82) is 0 Å². The maximum Gasteiger partial charge on any atom is 0.337 e. The molecule has 2 aromatic carbocycles. The number of carbonyl (C=O) groups is 1. The molecule has 152 valence electrons. The van der Waals surface area contributed by atoms with Gasteiger partial charge in [0.05, 0.1) is 11.6 Å². The standard InChI is InChI=1S/C24H26ClNO3/c1-13(2)16-6-8-17(9-7-16)22-19-12-18(25)10-11-20(19)26-15(5)21(22)23(24(27)28)29-14(3)4/h6-14,23H,1-5H3,(H,27,28). The van der Waals surface area contributed by atoms with Crippen LogP contribution in [0.3, 0.4) is 0 Å². The molecule has 3 aromatic rings. The van der Waals surface area contributed by atoms with Crippen LogP contribution >= 0.6 is 11.6 Å². The molecule has 0 saturated heterocycles. The first-order valence-corrected chi connectivity index (χ1v) is 10.1. The molecule has 29 heavy (non-hydrogen) atoms. The van der Waals surface area contributed by atoms with E-state index in [1.165, 1.54) is 5.56 Å². The second kappa shape index (κ2) is 8.52. The van der Waals surface area contributed by atoms with Crippen LogP contribution in [0.1, 0.15) is 56.5 Å². The van der Waals surface area contributed by atoms with Gasteiger partial charge < -0.3 is 9.84 Å². The number of aliphatic carboxylic acids is 1. The SMILES string of the molecule is Cc1nc2ccc(Cl)cc2c(-c2ccc(C(C)C)cc2)c1C(OC(C)C)C(=O)O. The molecule has 3 rings (SSSR count). The first kappa shape index (κ1) is 21.3. The van der Waals surface area contributed by atoms with E-state index in [9.17, 15) is 9.90 Å². The Balaban J connectivity index is 2.36. The Bertz CT molecular complexity index is 1040. The van der Waals surface area contributed by atoms with Gasteiger partial charge in [-0.3, -0.25) is 4.98 Å². The Kier molecular flexibility index (Phi) is 6.25. The maximum atomic E-state index is 12.1. The summed E-state index contributed by atoms with van der Waals surface area (Å²) in [7, 11) is 0. The summed E-state index contributed by atoms with van der Waals surface area (Å²) in [6.07, 6.45) is -1.37. The summed E-state index contributed by atoms with van der Waals surface area (Å²) in [6, 6.07) is 13.7. The highest BCUT2D eigenvalue weighted by atomic mass is 35.5. The van der Waals surface area contributed by atoms with Crippen LogP contribution in [0.25, 0.3) is 22.0 Å². The molecule has 0 bridgehead atoms. The van der Waals surface area contributed by atoms with Gasteiger partial charge in [0.1, 0.15) is 0 Å². The minimum absolute atomic E-state index is 0.248. The normalized spacial score (nSPS) is 12.7. The zero-order chi connectivity index (χ0) is 21.3. The average molecular weight is 412 g/mol. The summed E-state index contributed by atoms with van der Waals surface area (Å²) < 4.78 is 5.81. The van der Waals surface area contributed by atoms with Gasteiger partial charge in [0.25, 0.3) is 0 Å². The van der Waals surface area contributed by atoms with Crippen molar-refractivity contribution >= 4 is 28.5 Å². The van der Waals surface area contributed by atoms with Crippen LogP contribution in [-0.4, -0.2) is 22.2 Å². The average Bonchev–Trinajstić information content (AvgIpc) is 2.65. The Morgan fingerprint density at radius 3 is 2.28 bits per heavy atom. The van der Waals surface area contributed by atoms with E-state index in [1.54, 1.807) is 6.07 Å². The molecule has 0 aliphatic carbocycles. The van der Waals surface area contributed by atoms with Crippen LogP contribution in [0.5, 0.6) is 0 Å². The van der Waals surface area contributed by atoms with Gasteiger partial charge in [0.15, 0.2) is 6.10 Å². The van der Waals surface area contributed by atoms with E-state index in [2.05, 4.69) is 31.0 Å². The Morgan fingerprint density at radius 2 is 1.72 bits per heavy atom. The molecule has 4 nitrogen and oxygen atoms in total. The van der Waals surface area contributed by atoms with Crippen LogP contribution < -0.4 is 0 Å². The largest absolute Gasteiger partial charge is 0.479 e. The van der Waals surface area contributed by atoms with E-state index < -0.39 is 12.1 Å². The zero-order valence-corrected chi connectivity index (χ0v) is 18.1. The number of halogens is 1. The minimum atomic E-state index is -1.12. The monoisotopic (exact) mass is 411 g/mol. The molecule has 0 aliphatic heterocycles. The Morgan fingerprint density at radius 1 is 1.07 bits per heavy atom. The second-order valence-electron chi connectivity index (χ2n) is 7.83. The van der Waals surface area contributed by atoms with Crippen molar-refractivity contribution in [3.05, 3.63) is 64.3 Å². The number of fused-ring (bicyclic) bond motifs is 1. The van der Waals surface area contributed by atoms with Crippen LogP contribution in [-0.2, 0) is 9.53 Å². The molecular weight excluding hydrogens is 386 g/mol.